The largest absolute Gasteiger partial charge is 0.416 e. The number of aromatic nitrogens is 4. The highest BCUT2D eigenvalue weighted by atomic mass is 32.2. The van der Waals surface area contributed by atoms with E-state index in [1.54, 1.807) is 6.07 Å². The number of nitrogens with zero attached hydrogens (tertiary/aromatic N) is 4. The van der Waals surface area contributed by atoms with Crippen LogP contribution in [0.4, 0.5) is 13.2 Å². The molecule has 0 aliphatic heterocycles. The number of rotatable bonds is 6. The van der Waals surface area contributed by atoms with E-state index in [9.17, 15) is 13.2 Å². The molecule has 0 aliphatic rings. The maximum absolute atomic E-state index is 12.9. The number of hydrogen-bond donors (Lipinski definition) is 0. The van der Waals surface area contributed by atoms with E-state index in [0.29, 0.717) is 28.8 Å². The molecule has 0 saturated carbocycles. The molecule has 2 heterocycles. The summed E-state index contributed by atoms with van der Waals surface area (Å²) in [5.74, 6) is 1.02. The lowest BCUT2D eigenvalue weighted by atomic mass is 10.1. The summed E-state index contributed by atoms with van der Waals surface area (Å²) in [7, 11) is 0. The third-order valence-corrected chi connectivity index (χ3v) is 6.34. The van der Waals surface area contributed by atoms with Crippen LogP contribution in [0.1, 0.15) is 18.1 Å². The van der Waals surface area contributed by atoms with E-state index in [0.717, 1.165) is 22.3 Å². The van der Waals surface area contributed by atoms with E-state index >= 15 is 0 Å². The smallest absolute Gasteiger partial charge is 0.301 e. The van der Waals surface area contributed by atoms with Crippen LogP contribution in [-0.2, 0) is 18.5 Å². The Labute approximate surface area is 179 Å². The molecule has 0 fully saturated rings. The van der Waals surface area contributed by atoms with E-state index in [2.05, 4.69) is 10.2 Å². The van der Waals surface area contributed by atoms with Crippen molar-refractivity contribution in [3.8, 4) is 22.1 Å². The summed E-state index contributed by atoms with van der Waals surface area (Å²) in [6.45, 7) is 2.61. The van der Waals surface area contributed by atoms with Crippen molar-refractivity contribution in [1.82, 2.24) is 19.7 Å². The highest BCUT2D eigenvalue weighted by Gasteiger charge is 2.30. The zero-order chi connectivity index (χ0) is 21.1. The Morgan fingerprint density at radius 2 is 1.83 bits per heavy atom. The molecule has 0 aliphatic carbocycles. The second-order valence-corrected chi connectivity index (χ2v) is 8.24. The van der Waals surface area contributed by atoms with Crippen molar-refractivity contribution in [1.29, 1.82) is 0 Å². The van der Waals surface area contributed by atoms with Crippen LogP contribution in [-0.4, -0.2) is 19.7 Å². The van der Waals surface area contributed by atoms with Gasteiger partial charge in [-0.1, -0.05) is 60.3 Å². The van der Waals surface area contributed by atoms with Crippen molar-refractivity contribution in [3.05, 3.63) is 71.1 Å². The Morgan fingerprint density at radius 3 is 2.57 bits per heavy atom. The molecular weight excluding hydrogens is 429 g/mol. The van der Waals surface area contributed by atoms with Gasteiger partial charge >= 0.3 is 6.18 Å². The molecule has 4 rings (SSSR count). The second-order valence-electron chi connectivity index (χ2n) is 6.44. The van der Waals surface area contributed by atoms with Gasteiger partial charge in [-0.05, 0) is 18.6 Å². The van der Waals surface area contributed by atoms with Crippen LogP contribution in [0.2, 0.25) is 0 Å². The Bertz CT molecular complexity index is 1140. The minimum absolute atomic E-state index is 0.369. The lowest BCUT2D eigenvalue weighted by Gasteiger charge is -2.09. The third kappa shape index (κ3) is 4.41. The summed E-state index contributed by atoms with van der Waals surface area (Å²) in [6.07, 6.45) is -4.35. The van der Waals surface area contributed by atoms with Gasteiger partial charge in [0.15, 0.2) is 11.0 Å². The summed E-state index contributed by atoms with van der Waals surface area (Å²) in [5.41, 5.74) is 1.71. The van der Waals surface area contributed by atoms with Gasteiger partial charge in [0.1, 0.15) is 10.7 Å². The van der Waals surface area contributed by atoms with Gasteiger partial charge in [-0.15, -0.1) is 21.5 Å². The van der Waals surface area contributed by atoms with E-state index in [1.807, 2.05) is 47.2 Å². The van der Waals surface area contributed by atoms with Gasteiger partial charge in [-0.3, -0.25) is 0 Å². The van der Waals surface area contributed by atoms with Gasteiger partial charge in [0, 0.05) is 23.2 Å². The zero-order valence-electron chi connectivity index (χ0n) is 15.9. The number of halogens is 3. The summed E-state index contributed by atoms with van der Waals surface area (Å²) in [6, 6.07) is 15.3. The molecule has 0 atom stereocenters. The fourth-order valence-corrected chi connectivity index (χ4v) is 4.69. The number of benzene rings is 2. The molecule has 2 aromatic carbocycles. The number of thiazole rings is 1. The Hall–Kier alpha value is -2.65. The normalized spacial score (nSPS) is 11.7. The second kappa shape index (κ2) is 8.61. The number of hydrogen-bond acceptors (Lipinski definition) is 5. The molecule has 0 bridgehead atoms. The first kappa shape index (κ1) is 20.6. The molecule has 4 aromatic rings. The molecule has 30 heavy (non-hydrogen) atoms. The highest BCUT2D eigenvalue weighted by molar-refractivity contribution is 7.98. The van der Waals surface area contributed by atoms with Gasteiger partial charge in [-0.25, -0.2) is 4.98 Å². The molecule has 0 unspecified atom stereocenters. The van der Waals surface area contributed by atoms with Gasteiger partial charge in [-0.2, -0.15) is 13.2 Å². The topological polar surface area (TPSA) is 43.6 Å². The van der Waals surface area contributed by atoms with Crippen molar-refractivity contribution in [2.75, 3.05) is 0 Å². The third-order valence-electron chi connectivity index (χ3n) is 4.41. The Morgan fingerprint density at radius 1 is 1.03 bits per heavy atom. The zero-order valence-corrected chi connectivity index (χ0v) is 17.6. The van der Waals surface area contributed by atoms with E-state index in [4.69, 9.17) is 4.98 Å². The SMILES string of the molecule is CCn1c(SCc2cccc(C(F)(F)F)c2)nnc1-c1csc(-c2ccccc2)n1. The Kier molecular flexibility index (Phi) is 5.92. The van der Waals surface area contributed by atoms with Crippen molar-refractivity contribution in [2.24, 2.45) is 0 Å². The fraction of sp³-hybridized carbons (Fsp3) is 0.190. The minimum atomic E-state index is -4.35. The van der Waals surface area contributed by atoms with Crippen LogP contribution in [0.25, 0.3) is 22.1 Å². The first-order valence-corrected chi connectivity index (χ1v) is 11.1. The van der Waals surface area contributed by atoms with E-state index in [-0.39, 0.29) is 0 Å². The van der Waals surface area contributed by atoms with Crippen molar-refractivity contribution < 1.29 is 13.2 Å². The Balaban J connectivity index is 1.54. The van der Waals surface area contributed by atoms with Gasteiger partial charge < -0.3 is 4.57 Å². The quantitative estimate of drug-likeness (QED) is 0.322. The highest BCUT2D eigenvalue weighted by Crippen LogP contribution is 2.33. The molecule has 0 saturated heterocycles. The van der Waals surface area contributed by atoms with Crippen LogP contribution in [0.5, 0.6) is 0 Å². The molecule has 154 valence electrons. The maximum atomic E-state index is 12.9. The summed E-state index contributed by atoms with van der Waals surface area (Å²) in [5, 5.41) is 12.0. The lowest BCUT2D eigenvalue weighted by Crippen LogP contribution is -2.05. The molecule has 0 radical (unpaired) electrons. The van der Waals surface area contributed by atoms with Crippen LogP contribution < -0.4 is 0 Å². The van der Waals surface area contributed by atoms with Crippen molar-refractivity contribution in [2.45, 2.75) is 30.6 Å². The first-order valence-electron chi connectivity index (χ1n) is 9.19. The van der Waals surface area contributed by atoms with Crippen LogP contribution in [0, 0.1) is 0 Å². The fourth-order valence-electron chi connectivity index (χ4n) is 2.95. The predicted molar refractivity (Wildman–Crippen MR) is 113 cm³/mol. The lowest BCUT2D eigenvalue weighted by molar-refractivity contribution is -0.137. The maximum Gasteiger partial charge on any atom is 0.416 e. The number of thioether (sulfide) groups is 1. The molecule has 2 aromatic heterocycles. The standard InChI is InChI=1S/C21H17F3N4S2/c1-2-28-18(17-13-29-19(25-17)15-8-4-3-5-9-15)26-27-20(28)30-12-14-7-6-10-16(11-14)21(22,23)24/h3-11,13H,2,12H2,1H3. The molecule has 0 amide bonds. The van der Waals surface area contributed by atoms with Crippen LogP contribution >= 0.6 is 23.1 Å². The van der Waals surface area contributed by atoms with Gasteiger partial charge in [0.05, 0.1) is 5.56 Å². The molecule has 4 nitrogen and oxygen atoms in total. The summed E-state index contributed by atoms with van der Waals surface area (Å²) in [4.78, 5) is 4.69. The van der Waals surface area contributed by atoms with Crippen LogP contribution in [0.3, 0.4) is 0 Å². The van der Waals surface area contributed by atoms with Crippen molar-refractivity contribution >= 4 is 23.1 Å². The molecule has 0 spiro atoms. The molecule has 9 heteroatoms. The number of alkyl halides is 3. The monoisotopic (exact) mass is 446 g/mol. The van der Waals surface area contributed by atoms with E-state index < -0.39 is 11.7 Å². The summed E-state index contributed by atoms with van der Waals surface area (Å²) < 4.78 is 40.7. The molecular formula is C21H17F3N4S2. The predicted octanol–water partition coefficient (Wildman–Crippen LogP) is 6.40. The minimum Gasteiger partial charge on any atom is -0.301 e. The average Bonchev–Trinajstić information content (AvgIpc) is 3.39. The van der Waals surface area contributed by atoms with Crippen LogP contribution in [0.15, 0.2) is 65.1 Å². The van der Waals surface area contributed by atoms with E-state index in [1.165, 1.54) is 35.2 Å². The van der Waals surface area contributed by atoms with Gasteiger partial charge in [0.2, 0.25) is 0 Å². The van der Waals surface area contributed by atoms with Crippen molar-refractivity contribution in [3.63, 3.8) is 0 Å². The van der Waals surface area contributed by atoms with Gasteiger partial charge in [0.25, 0.3) is 0 Å². The summed E-state index contributed by atoms with van der Waals surface area (Å²) >= 11 is 2.89. The first-order chi connectivity index (χ1) is 14.5. The molecule has 0 N–H and O–H groups in total. The average molecular weight is 447 g/mol.